The molecule has 12 heavy (non-hydrogen) atoms. The Morgan fingerprint density at radius 3 is 2.75 bits per heavy atom. The van der Waals surface area contributed by atoms with E-state index < -0.39 is 0 Å². The summed E-state index contributed by atoms with van der Waals surface area (Å²) in [4.78, 5) is 2.03. The molecule has 0 saturated carbocycles. The molecule has 0 amide bonds. The molecule has 3 nitrogen and oxygen atoms in total. The highest BCUT2D eigenvalue weighted by Gasteiger charge is 2.20. The van der Waals surface area contributed by atoms with Gasteiger partial charge in [-0.2, -0.15) is 0 Å². The summed E-state index contributed by atoms with van der Waals surface area (Å²) in [6, 6.07) is 0.321. The van der Waals surface area contributed by atoms with E-state index in [1.165, 1.54) is 12.8 Å². The molecular formula is C9H20N2O. The van der Waals surface area contributed by atoms with E-state index in [0.29, 0.717) is 6.04 Å². The summed E-state index contributed by atoms with van der Waals surface area (Å²) in [6.45, 7) is 1.83. The molecule has 1 aliphatic rings. The van der Waals surface area contributed by atoms with Crippen molar-refractivity contribution in [3.63, 3.8) is 0 Å². The van der Waals surface area contributed by atoms with Crippen LogP contribution < -0.4 is 5.32 Å². The fraction of sp³-hybridized carbons (Fsp3) is 1.00. The van der Waals surface area contributed by atoms with Crippen molar-refractivity contribution in [1.29, 1.82) is 0 Å². The van der Waals surface area contributed by atoms with Gasteiger partial charge < -0.3 is 15.3 Å². The Bertz CT molecular complexity index is 122. The molecule has 0 radical (unpaired) electrons. The fourth-order valence-electron chi connectivity index (χ4n) is 1.71. The number of aliphatic hydroxyl groups is 1. The van der Waals surface area contributed by atoms with Crippen LogP contribution >= 0.6 is 0 Å². The topological polar surface area (TPSA) is 35.5 Å². The molecule has 0 aromatic rings. The number of rotatable bonds is 3. The Hall–Kier alpha value is -0.120. The molecule has 2 N–H and O–H groups in total. The lowest BCUT2D eigenvalue weighted by Gasteiger charge is -2.29. The van der Waals surface area contributed by atoms with Gasteiger partial charge in [0.1, 0.15) is 0 Å². The molecule has 2 unspecified atom stereocenters. The maximum absolute atomic E-state index is 9.74. The van der Waals surface area contributed by atoms with E-state index in [0.717, 1.165) is 19.5 Å². The van der Waals surface area contributed by atoms with Crippen molar-refractivity contribution in [2.75, 3.05) is 27.2 Å². The number of piperidine rings is 1. The molecule has 0 spiro atoms. The van der Waals surface area contributed by atoms with Gasteiger partial charge in [-0.3, -0.25) is 0 Å². The number of nitrogens with one attached hydrogen (secondary N) is 1. The van der Waals surface area contributed by atoms with Crippen LogP contribution in [0.15, 0.2) is 0 Å². The highest BCUT2D eigenvalue weighted by Crippen LogP contribution is 2.10. The highest BCUT2D eigenvalue weighted by molar-refractivity contribution is 4.80. The molecule has 2 atom stereocenters. The minimum absolute atomic E-state index is 0.208. The number of aliphatic hydroxyl groups excluding tert-OH is 1. The van der Waals surface area contributed by atoms with Crippen LogP contribution in [0.5, 0.6) is 0 Å². The molecule has 1 aliphatic heterocycles. The van der Waals surface area contributed by atoms with Crippen LogP contribution in [0.25, 0.3) is 0 Å². The van der Waals surface area contributed by atoms with Crippen molar-refractivity contribution in [3.05, 3.63) is 0 Å². The zero-order chi connectivity index (χ0) is 8.97. The van der Waals surface area contributed by atoms with Gasteiger partial charge in [0.2, 0.25) is 0 Å². The quantitative estimate of drug-likeness (QED) is 0.631. The molecule has 1 rings (SSSR count). The fourth-order valence-corrected chi connectivity index (χ4v) is 1.71. The molecule has 1 saturated heterocycles. The summed E-state index contributed by atoms with van der Waals surface area (Å²) in [6.07, 6.45) is 3.42. The zero-order valence-electron chi connectivity index (χ0n) is 8.08. The van der Waals surface area contributed by atoms with Crippen LogP contribution in [0, 0.1) is 0 Å². The van der Waals surface area contributed by atoms with E-state index >= 15 is 0 Å². The monoisotopic (exact) mass is 172 g/mol. The second-order valence-electron chi connectivity index (χ2n) is 3.89. The molecule has 0 aromatic heterocycles. The molecule has 3 heteroatoms. The van der Waals surface area contributed by atoms with Gasteiger partial charge in [-0.05, 0) is 33.5 Å². The lowest BCUT2D eigenvalue weighted by molar-refractivity contribution is 0.0860. The maximum Gasteiger partial charge on any atom is 0.0819 e. The van der Waals surface area contributed by atoms with Crippen molar-refractivity contribution >= 4 is 0 Å². The van der Waals surface area contributed by atoms with Gasteiger partial charge in [-0.25, -0.2) is 0 Å². The SMILES string of the molecule is CN(C)CC(O)C1CCCCN1. The summed E-state index contributed by atoms with van der Waals surface area (Å²) in [5.74, 6) is 0. The standard InChI is InChI=1S/C9H20N2O/c1-11(2)7-9(12)8-5-3-4-6-10-8/h8-10,12H,3-7H2,1-2H3. The predicted octanol–water partition coefficient (Wildman–Crippen LogP) is 0.0510. The van der Waals surface area contributed by atoms with Crippen LogP contribution in [0.2, 0.25) is 0 Å². The van der Waals surface area contributed by atoms with Crippen molar-refractivity contribution < 1.29 is 5.11 Å². The van der Waals surface area contributed by atoms with Crippen LogP contribution in [0.4, 0.5) is 0 Å². The zero-order valence-corrected chi connectivity index (χ0v) is 8.08. The lowest BCUT2D eigenvalue weighted by atomic mass is 10.00. The minimum atomic E-state index is -0.208. The van der Waals surface area contributed by atoms with Gasteiger partial charge in [0.15, 0.2) is 0 Å². The number of nitrogens with zero attached hydrogens (tertiary/aromatic N) is 1. The molecule has 0 aromatic carbocycles. The summed E-state index contributed by atoms with van der Waals surface area (Å²) >= 11 is 0. The number of hydrogen-bond donors (Lipinski definition) is 2. The second kappa shape index (κ2) is 4.80. The molecule has 72 valence electrons. The largest absolute Gasteiger partial charge is 0.390 e. The van der Waals surface area contributed by atoms with Gasteiger partial charge in [0.05, 0.1) is 6.10 Å². The number of likely N-dealkylation sites (N-methyl/N-ethyl adjacent to an activating group) is 1. The van der Waals surface area contributed by atoms with Gasteiger partial charge in [-0.15, -0.1) is 0 Å². The van der Waals surface area contributed by atoms with Crippen molar-refractivity contribution in [1.82, 2.24) is 10.2 Å². The van der Waals surface area contributed by atoms with E-state index in [1.54, 1.807) is 0 Å². The van der Waals surface area contributed by atoms with Gasteiger partial charge in [0, 0.05) is 12.6 Å². The Kier molecular flexibility index (Phi) is 3.98. The lowest BCUT2D eigenvalue weighted by Crippen LogP contribution is -2.47. The first-order valence-electron chi connectivity index (χ1n) is 4.76. The minimum Gasteiger partial charge on any atom is -0.390 e. The predicted molar refractivity (Wildman–Crippen MR) is 50.2 cm³/mol. The van der Waals surface area contributed by atoms with E-state index in [-0.39, 0.29) is 6.10 Å². The van der Waals surface area contributed by atoms with Crippen LogP contribution in [0.1, 0.15) is 19.3 Å². The Morgan fingerprint density at radius 2 is 2.25 bits per heavy atom. The Balaban J connectivity index is 2.24. The van der Waals surface area contributed by atoms with Gasteiger partial charge in [-0.1, -0.05) is 6.42 Å². The van der Waals surface area contributed by atoms with Crippen LogP contribution in [0.3, 0.4) is 0 Å². The molecule has 1 fully saturated rings. The van der Waals surface area contributed by atoms with E-state index in [9.17, 15) is 5.11 Å². The number of hydrogen-bond acceptors (Lipinski definition) is 3. The average molecular weight is 172 g/mol. The van der Waals surface area contributed by atoms with Crippen LogP contribution in [-0.4, -0.2) is 49.3 Å². The molecule has 1 heterocycles. The van der Waals surface area contributed by atoms with Crippen LogP contribution in [-0.2, 0) is 0 Å². The summed E-state index contributed by atoms with van der Waals surface area (Å²) < 4.78 is 0. The second-order valence-corrected chi connectivity index (χ2v) is 3.89. The van der Waals surface area contributed by atoms with Crippen molar-refractivity contribution in [2.24, 2.45) is 0 Å². The van der Waals surface area contributed by atoms with E-state index in [1.807, 2.05) is 19.0 Å². The van der Waals surface area contributed by atoms with Crippen molar-refractivity contribution in [2.45, 2.75) is 31.4 Å². The summed E-state index contributed by atoms with van der Waals surface area (Å²) in [7, 11) is 3.98. The average Bonchev–Trinajstić information content (AvgIpc) is 2.05. The van der Waals surface area contributed by atoms with E-state index in [2.05, 4.69) is 5.32 Å². The maximum atomic E-state index is 9.74. The third-order valence-electron chi connectivity index (χ3n) is 2.37. The Morgan fingerprint density at radius 1 is 1.50 bits per heavy atom. The van der Waals surface area contributed by atoms with Gasteiger partial charge in [0.25, 0.3) is 0 Å². The molecule has 0 aliphatic carbocycles. The summed E-state index contributed by atoms with van der Waals surface area (Å²) in [5.41, 5.74) is 0. The Labute approximate surface area is 74.8 Å². The highest BCUT2D eigenvalue weighted by atomic mass is 16.3. The first-order valence-corrected chi connectivity index (χ1v) is 4.76. The first-order chi connectivity index (χ1) is 5.70. The molecule has 0 bridgehead atoms. The normalized spacial score (nSPS) is 27.5. The third kappa shape index (κ3) is 3.09. The molecular weight excluding hydrogens is 152 g/mol. The smallest absolute Gasteiger partial charge is 0.0819 e. The third-order valence-corrected chi connectivity index (χ3v) is 2.37. The van der Waals surface area contributed by atoms with E-state index in [4.69, 9.17) is 0 Å². The first kappa shape index (κ1) is 9.96. The van der Waals surface area contributed by atoms with Gasteiger partial charge >= 0.3 is 0 Å². The summed E-state index contributed by atoms with van der Waals surface area (Å²) in [5, 5.41) is 13.1. The van der Waals surface area contributed by atoms with Crippen molar-refractivity contribution in [3.8, 4) is 0 Å².